The van der Waals surface area contributed by atoms with Gasteiger partial charge in [-0.05, 0) is 43.7 Å². The molecule has 7 nitrogen and oxygen atoms in total. The first-order valence-electron chi connectivity index (χ1n) is 8.53. The minimum Gasteiger partial charge on any atom is -0.495 e. The highest BCUT2D eigenvalue weighted by atomic mass is 35.5. The predicted molar refractivity (Wildman–Crippen MR) is 111 cm³/mol. The molecule has 2 aromatic heterocycles. The third-order valence-corrected chi connectivity index (χ3v) is 4.96. The van der Waals surface area contributed by atoms with Gasteiger partial charge in [-0.2, -0.15) is 4.98 Å². The number of aromatic nitrogens is 3. The molecule has 0 saturated heterocycles. The Morgan fingerprint density at radius 1 is 1.26 bits per heavy atom. The van der Waals surface area contributed by atoms with Gasteiger partial charge in [-0.1, -0.05) is 5.16 Å². The number of nitrogens with zero attached hydrogens (tertiary/aromatic N) is 3. The summed E-state index contributed by atoms with van der Waals surface area (Å²) in [5, 5.41) is 4.85. The van der Waals surface area contributed by atoms with E-state index in [2.05, 4.69) is 10.1 Å². The molecule has 0 bridgehead atoms. The van der Waals surface area contributed by atoms with Crippen LogP contribution in [-0.4, -0.2) is 40.1 Å². The summed E-state index contributed by atoms with van der Waals surface area (Å²) in [5.41, 5.74) is 7.26. The Balaban J connectivity index is 0.00000261. The second-order valence-corrected chi connectivity index (χ2v) is 7.04. The predicted octanol–water partition coefficient (Wildman–Crippen LogP) is 3.78. The standard InChI is InChI=1S/C18H24N4O3S.ClH/c1-12-20-18(25-21-12)14-10-13-15(24-8-4-5-9-26-11-19)6-7-16(23-3)17(13)22(14)2;/h6-7,10H,4-5,8-9,11,19H2,1-3H3;1H. The SMILES string of the molecule is COc1ccc(OCCCCSCN)c2cc(-c3nc(C)no3)n(C)c12.Cl. The minimum absolute atomic E-state index is 0. The third kappa shape index (κ3) is 4.69. The van der Waals surface area contributed by atoms with Gasteiger partial charge in [0.05, 0.1) is 19.2 Å². The molecule has 3 rings (SSSR count). The van der Waals surface area contributed by atoms with E-state index >= 15 is 0 Å². The van der Waals surface area contributed by atoms with E-state index in [1.165, 1.54) is 0 Å². The van der Waals surface area contributed by atoms with Crippen LogP contribution in [0.3, 0.4) is 0 Å². The maximum atomic E-state index is 6.03. The van der Waals surface area contributed by atoms with Crippen molar-refractivity contribution >= 4 is 35.1 Å². The van der Waals surface area contributed by atoms with Crippen LogP contribution in [0.15, 0.2) is 22.7 Å². The second kappa shape index (κ2) is 9.87. The minimum atomic E-state index is 0. The first-order valence-corrected chi connectivity index (χ1v) is 9.69. The van der Waals surface area contributed by atoms with Gasteiger partial charge in [0.15, 0.2) is 5.82 Å². The van der Waals surface area contributed by atoms with Crippen LogP contribution in [-0.2, 0) is 7.05 Å². The fourth-order valence-corrected chi connectivity index (χ4v) is 3.45. The Labute approximate surface area is 169 Å². The van der Waals surface area contributed by atoms with Gasteiger partial charge in [-0.25, -0.2) is 0 Å². The van der Waals surface area contributed by atoms with Crippen LogP contribution < -0.4 is 15.2 Å². The Kier molecular flexibility index (Phi) is 7.82. The van der Waals surface area contributed by atoms with Gasteiger partial charge < -0.3 is 24.3 Å². The van der Waals surface area contributed by atoms with E-state index in [0.717, 1.165) is 46.7 Å². The number of hydrogen-bond donors (Lipinski definition) is 1. The Hall–Kier alpha value is -1.90. The summed E-state index contributed by atoms with van der Waals surface area (Å²) in [6, 6.07) is 5.87. The molecule has 27 heavy (non-hydrogen) atoms. The van der Waals surface area contributed by atoms with E-state index in [1.807, 2.05) is 29.8 Å². The number of ether oxygens (including phenoxy) is 2. The molecule has 0 saturated carbocycles. The molecule has 2 N–H and O–H groups in total. The van der Waals surface area contributed by atoms with Crippen LogP contribution in [0.2, 0.25) is 0 Å². The number of fused-ring (bicyclic) bond motifs is 1. The summed E-state index contributed by atoms with van der Waals surface area (Å²) in [6.45, 7) is 2.46. The Bertz CT molecular complexity index is 881. The number of benzene rings is 1. The number of rotatable bonds is 9. The summed E-state index contributed by atoms with van der Waals surface area (Å²) in [6.07, 6.45) is 2.07. The molecule has 148 valence electrons. The highest BCUT2D eigenvalue weighted by Crippen LogP contribution is 2.38. The number of nitrogens with two attached hydrogens (primary N) is 1. The fraction of sp³-hybridized carbons (Fsp3) is 0.444. The van der Waals surface area contributed by atoms with Crippen LogP contribution in [0.1, 0.15) is 18.7 Å². The Morgan fingerprint density at radius 3 is 2.70 bits per heavy atom. The summed E-state index contributed by atoms with van der Waals surface area (Å²) in [4.78, 5) is 4.33. The van der Waals surface area contributed by atoms with Gasteiger partial charge in [0, 0.05) is 18.3 Å². The maximum Gasteiger partial charge on any atom is 0.274 e. The zero-order valence-corrected chi connectivity index (χ0v) is 17.4. The molecule has 0 spiro atoms. The molecular weight excluding hydrogens is 388 g/mol. The molecule has 9 heteroatoms. The molecule has 0 fully saturated rings. The number of aryl methyl sites for hydroxylation is 2. The lowest BCUT2D eigenvalue weighted by atomic mass is 10.2. The molecule has 0 amide bonds. The van der Waals surface area contributed by atoms with E-state index < -0.39 is 0 Å². The first kappa shape index (κ1) is 21.4. The van der Waals surface area contributed by atoms with E-state index in [0.29, 0.717) is 24.2 Å². The largest absolute Gasteiger partial charge is 0.495 e. The zero-order valence-electron chi connectivity index (χ0n) is 15.7. The molecule has 0 aliphatic heterocycles. The third-order valence-electron chi connectivity index (χ3n) is 4.14. The lowest BCUT2D eigenvalue weighted by Crippen LogP contribution is -2.00. The van der Waals surface area contributed by atoms with Crippen molar-refractivity contribution in [1.82, 2.24) is 14.7 Å². The topological polar surface area (TPSA) is 88.3 Å². The summed E-state index contributed by atoms with van der Waals surface area (Å²) in [5.74, 6) is 4.41. The number of halogens is 1. The van der Waals surface area contributed by atoms with E-state index in [-0.39, 0.29) is 12.4 Å². The molecule has 3 aromatic rings. The van der Waals surface area contributed by atoms with Crippen LogP contribution in [0.5, 0.6) is 11.5 Å². The van der Waals surface area contributed by atoms with Gasteiger partial charge in [0.2, 0.25) is 0 Å². The molecule has 2 heterocycles. The van der Waals surface area contributed by atoms with Crippen molar-refractivity contribution in [3.8, 4) is 23.1 Å². The molecule has 0 atom stereocenters. The summed E-state index contributed by atoms with van der Waals surface area (Å²) < 4.78 is 18.9. The quantitative estimate of drug-likeness (QED) is 0.422. The molecular formula is C18H25ClN4O3S. The van der Waals surface area contributed by atoms with Crippen LogP contribution >= 0.6 is 24.2 Å². The van der Waals surface area contributed by atoms with Gasteiger partial charge in [-0.3, -0.25) is 0 Å². The number of unbranched alkanes of at least 4 members (excludes halogenated alkanes) is 1. The molecule has 0 aliphatic rings. The van der Waals surface area contributed by atoms with Crippen molar-refractivity contribution in [3.05, 3.63) is 24.0 Å². The van der Waals surface area contributed by atoms with Gasteiger partial charge >= 0.3 is 0 Å². The van der Waals surface area contributed by atoms with Crippen molar-refractivity contribution in [2.24, 2.45) is 12.8 Å². The summed E-state index contributed by atoms with van der Waals surface area (Å²) >= 11 is 1.75. The number of thioether (sulfide) groups is 1. The average Bonchev–Trinajstić information content (AvgIpc) is 3.22. The first-order chi connectivity index (χ1) is 12.7. The molecule has 1 aromatic carbocycles. The van der Waals surface area contributed by atoms with Gasteiger partial charge in [0.1, 0.15) is 17.2 Å². The van der Waals surface area contributed by atoms with Crippen molar-refractivity contribution in [2.45, 2.75) is 19.8 Å². The molecule has 0 radical (unpaired) electrons. The van der Waals surface area contributed by atoms with E-state index in [9.17, 15) is 0 Å². The number of hydrogen-bond acceptors (Lipinski definition) is 7. The van der Waals surface area contributed by atoms with Crippen LogP contribution in [0, 0.1) is 6.92 Å². The highest BCUT2D eigenvalue weighted by Gasteiger charge is 2.19. The van der Waals surface area contributed by atoms with Crippen molar-refractivity contribution in [2.75, 3.05) is 25.3 Å². The van der Waals surface area contributed by atoms with Crippen LogP contribution in [0.25, 0.3) is 22.5 Å². The number of methoxy groups -OCH3 is 1. The molecule has 0 unspecified atom stereocenters. The van der Waals surface area contributed by atoms with E-state index in [1.54, 1.807) is 25.8 Å². The van der Waals surface area contributed by atoms with Crippen molar-refractivity contribution in [1.29, 1.82) is 0 Å². The maximum absolute atomic E-state index is 6.03. The molecule has 0 aliphatic carbocycles. The van der Waals surface area contributed by atoms with Gasteiger partial charge in [-0.15, -0.1) is 24.2 Å². The lowest BCUT2D eigenvalue weighted by molar-refractivity contribution is 0.313. The van der Waals surface area contributed by atoms with E-state index in [4.69, 9.17) is 19.7 Å². The van der Waals surface area contributed by atoms with Crippen LogP contribution in [0.4, 0.5) is 0 Å². The monoisotopic (exact) mass is 412 g/mol. The van der Waals surface area contributed by atoms with Gasteiger partial charge in [0.25, 0.3) is 5.89 Å². The van der Waals surface area contributed by atoms with Crippen molar-refractivity contribution < 1.29 is 14.0 Å². The zero-order chi connectivity index (χ0) is 18.5. The van der Waals surface area contributed by atoms with Crippen molar-refractivity contribution in [3.63, 3.8) is 0 Å². The second-order valence-electron chi connectivity index (χ2n) is 5.89. The Morgan fingerprint density at radius 2 is 2.04 bits per heavy atom. The lowest BCUT2D eigenvalue weighted by Gasteiger charge is -2.11. The highest BCUT2D eigenvalue weighted by molar-refractivity contribution is 7.99. The average molecular weight is 413 g/mol. The summed E-state index contributed by atoms with van der Waals surface area (Å²) in [7, 11) is 3.61. The fourth-order valence-electron chi connectivity index (χ4n) is 2.88. The normalized spacial score (nSPS) is 10.8. The smallest absolute Gasteiger partial charge is 0.274 e.